The first-order valence-electron chi connectivity index (χ1n) is 5.11. The Balaban J connectivity index is 3.85. The van der Waals surface area contributed by atoms with Crippen molar-refractivity contribution < 1.29 is 4.74 Å². The summed E-state index contributed by atoms with van der Waals surface area (Å²) < 4.78 is 5.31. The molecule has 0 saturated heterocycles. The normalized spacial score (nSPS) is 17.1. The summed E-state index contributed by atoms with van der Waals surface area (Å²) in [6.07, 6.45) is 2.70. The number of hydrogen-bond donors (Lipinski definition) is 1. The van der Waals surface area contributed by atoms with E-state index in [0.717, 1.165) is 0 Å². The largest absolute Gasteiger partial charge is 0.380 e. The van der Waals surface area contributed by atoms with Gasteiger partial charge in [-0.3, -0.25) is 0 Å². The van der Waals surface area contributed by atoms with Crippen molar-refractivity contribution in [3.05, 3.63) is 0 Å². The van der Waals surface area contributed by atoms with Gasteiger partial charge in [-0.25, -0.2) is 0 Å². The molecule has 0 rings (SSSR count). The Morgan fingerprint density at radius 1 is 1.31 bits per heavy atom. The number of ether oxygens (including phenoxy) is 1. The highest BCUT2D eigenvalue weighted by Gasteiger charge is 2.18. The van der Waals surface area contributed by atoms with E-state index in [0.29, 0.717) is 17.6 Å². The van der Waals surface area contributed by atoms with Gasteiger partial charge in [0.15, 0.2) is 0 Å². The molecule has 0 aliphatic rings. The van der Waals surface area contributed by atoms with Crippen molar-refractivity contribution in [2.45, 2.75) is 52.7 Å². The molecule has 1 N–H and O–H groups in total. The molecule has 13 heavy (non-hydrogen) atoms. The van der Waals surface area contributed by atoms with Crippen molar-refractivity contribution in [2.75, 3.05) is 14.2 Å². The maximum Gasteiger partial charge on any atom is 0.0696 e. The van der Waals surface area contributed by atoms with Gasteiger partial charge in [-0.1, -0.05) is 20.8 Å². The zero-order valence-corrected chi connectivity index (χ0v) is 9.98. The fraction of sp³-hybridized carbons (Fsp3) is 1.00. The lowest BCUT2D eigenvalue weighted by Crippen LogP contribution is -2.37. The van der Waals surface area contributed by atoms with Gasteiger partial charge in [-0.15, -0.1) is 0 Å². The quantitative estimate of drug-likeness (QED) is 0.714. The number of hydrogen-bond acceptors (Lipinski definition) is 2. The summed E-state index contributed by atoms with van der Waals surface area (Å²) in [5.74, 6) is 0. The molecule has 0 heterocycles. The topological polar surface area (TPSA) is 21.3 Å². The maximum absolute atomic E-state index is 5.31. The minimum atomic E-state index is 0.298. The second-order valence-electron chi connectivity index (χ2n) is 4.94. The van der Waals surface area contributed by atoms with Gasteiger partial charge in [0.05, 0.1) is 6.10 Å². The zero-order valence-electron chi connectivity index (χ0n) is 9.98. The van der Waals surface area contributed by atoms with Crippen molar-refractivity contribution in [3.63, 3.8) is 0 Å². The van der Waals surface area contributed by atoms with Crippen molar-refractivity contribution in [1.29, 1.82) is 0 Å². The second-order valence-corrected chi connectivity index (χ2v) is 4.94. The van der Waals surface area contributed by atoms with Gasteiger partial charge < -0.3 is 10.1 Å². The lowest BCUT2D eigenvalue weighted by Gasteiger charge is -2.26. The molecular weight excluding hydrogens is 162 g/mol. The lowest BCUT2D eigenvalue weighted by molar-refractivity contribution is 0.0785. The summed E-state index contributed by atoms with van der Waals surface area (Å²) in [4.78, 5) is 0. The zero-order chi connectivity index (χ0) is 10.5. The molecule has 0 amide bonds. The molecule has 2 heteroatoms. The highest BCUT2D eigenvalue weighted by molar-refractivity contribution is 4.74. The fourth-order valence-electron chi connectivity index (χ4n) is 1.37. The summed E-state index contributed by atoms with van der Waals surface area (Å²) in [6.45, 7) is 8.94. The summed E-state index contributed by atoms with van der Waals surface area (Å²) >= 11 is 0. The molecule has 0 bridgehead atoms. The third kappa shape index (κ3) is 6.05. The van der Waals surface area contributed by atoms with Crippen LogP contribution in [-0.2, 0) is 4.74 Å². The molecule has 0 aromatic heterocycles. The van der Waals surface area contributed by atoms with E-state index < -0.39 is 0 Å². The first-order valence-corrected chi connectivity index (χ1v) is 5.11. The summed E-state index contributed by atoms with van der Waals surface area (Å²) in [6, 6.07) is 0.476. The molecule has 0 aromatic rings. The molecule has 0 fully saturated rings. The van der Waals surface area contributed by atoms with Gasteiger partial charge in [0.25, 0.3) is 0 Å². The standard InChI is InChI=1S/C11H25NO/c1-9(13-6)10(12-5)7-8-11(2,3)4/h9-10,12H,7-8H2,1-6H3. The molecule has 0 aliphatic carbocycles. The van der Waals surface area contributed by atoms with Crippen LogP contribution in [0.25, 0.3) is 0 Å². The van der Waals surface area contributed by atoms with E-state index >= 15 is 0 Å². The molecule has 0 aromatic carbocycles. The van der Waals surface area contributed by atoms with Crippen molar-refractivity contribution in [3.8, 4) is 0 Å². The van der Waals surface area contributed by atoms with E-state index in [1.165, 1.54) is 12.8 Å². The van der Waals surface area contributed by atoms with Crippen LogP contribution >= 0.6 is 0 Å². The lowest BCUT2D eigenvalue weighted by atomic mass is 9.88. The van der Waals surface area contributed by atoms with Crippen molar-refractivity contribution in [2.24, 2.45) is 5.41 Å². The van der Waals surface area contributed by atoms with Crippen molar-refractivity contribution in [1.82, 2.24) is 5.32 Å². The van der Waals surface area contributed by atoms with Gasteiger partial charge in [0.2, 0.25) is 0 Å². The van der Waals surface area contributed by atoms with E-state index in [4.69, 9.17) is 4.74 Å². The Bertz CT molecular complexity index is 129. The van der Waals surface area contributed by atoms with Crippen LogP contribution in [0.2, 0.25) is 0 Å². The van der Waals surface area contributed by atoms with Crippen LogP contribution in [-0.4, -0.2) is 26.3 Å². The Morgan fingerprint density at radius 2 is 1.85 bits per heavy atom. The smallest absolute Gasteiger partial charge is 0.0696 e. The highest BCUT2D eigenvalue weighted by atomic mass is 16.5. The number of nitrogens with one attached hydrogen (secondary N) is 1. The average molecular weight is 187 g/mol. The predicted molar refractivity (Wildman–Crippen MR) is 58.0 cm³/mol. The minimum absolute atomic E-state index is 0.298. The molecular formula is C11H25NO. The third-order valence-electron chi connectivity index (χ3n) is 2.51. The fourth-order valence-corrected chi connectivity index (χ4v) is 1.37. The summed E-state index contributed by atoms with van der Waals surface area (Å²) in [5.41, 5.74) is 0.419. The van der Waals surface area contributed by atoms with Crippen LogP contribution in [0.5, 0.6) is 0 Å². The van der Waals surface area contributed by atoms with E-state index in [9.17, 15) is 0 Å². The van der Waals surface area contributed by atoms with E-state index in [2.05, 4.69) is 33.0 Å². The number of methoxy groups -OCH3 is 1. The monoisotopic (exact) mass is 187 g/mol. The molecule has 2 atom stereocenters. The highest BCUT2D eigenvalue weighted by Crippen LogP contribution is 2.22. The first-order chi connectivity index (χ1) is 5.90. The van der Waals surface area contributed by atoms with Gasteiger partial charge in [-0.2, -0.15) is 0 Å². The third-order valence-corrected chi connectivity index (χ3v) is 2.51. The van der Waals surface area contributed by atoms with Gasteiger partial charge in [-0.05, 0) is 32.2 Å². The Kier molecular flexibility index (Phi) is 5.57. The minimum Gasteiger partial charge on any atom is -0.380 e. The molecule has 2 nitrogen and oxygen atoms in total. The van der Waals surface area contributed by atoms with E-state index in [-0.39, 0.29) is 0 Å². The van der Waals surface area contributed by atoms with Gasteiger partial charge in [0, 0.05) is 13.2 Å². The van der Waals surface area contributed by atoms with Crippen LogP contribution in [0.1, 0.15) is 40.5 Å². The molecule has 80 valence electrons. The molecule has 0 spiro atoms. The van der Waals surface area contributed by atoms with Crippen LogP contribution < -0.4 is 5.32 Å². The second kappa shape index (κ2) is 5.61. The van der Waals surface area contributed by atoms with Crippen molar-refractivity contribution >= 4 is 0 Å². The van der Waals surface area contributed by atoms with Crippen LogP contribution in [0.4, 0.5) is 0 Å². The predicted octanol–water partition coefficient (Wildman–Crippen LogP) is 2.44. The number of rotatable bonds is 5. The van der Waals surface area contributed by atoms with E-state index in [1.807, 2.05) is 7.05 Å². The molecule has 0 radical (unpaired) electrons. The first kappa shape index (κ1) is 12.9. The van der Waals surface area contributed by atoms with Gasteiger partial charge >= 0.3 is 0 Å². The van der Waals surface area contributed by atoms with Crippen LogP contribution in [0, 0.1) is 5.41 Å². The Morgan fingerprint density at radius 3 is 2.15 bits per heavy atom. The summed E-state index contributed by atoms with van der Waals surface area (Å²) in [5, 5.41) is 3.30. The Hall–Kier alpha value is -0.0800. The van der Waals surface area contributed by atoms with E-state index in [1.54, 1.807) is 7.11 Å². The molecule has 2 unspecified atom stereocenters. The SMILES string of the molecule is CNC(CCC(C)(C)C)C(C)OC. The van der Waals surface area contributed by atoms with Crippen LogP contribution in [0.15, 0.2) is 0 Å². The Labute approximate surface area is 83.1 Å². The molecule has 0 aliphatic heterocycles. The molecule has 0 saturated carbocycles. The average Bonchev–Trinajstić information content (AvgIpc) is 2.03. The van der Waals surface area contributed by atoms with Crippen LogP contribution in [0.3, 0.4) is 0 Å². The number of likely N-dealkylation sites (N-methyl/N-ethyl adjacent to an activating group) is 1. The summed E-state index contributed by atoms with van der Waals surface area (Å²) in [7, 11) is 3.77. The maximum atomic E-state index is 5.31. The van der Waals surface area contributed by atoms with Gasteiger partial charge in [0.1, 0.15) is 0 Å².